The Kier molecular flexibility index (Phi) is 26.3. The molecule has 0 spiro atoms. The lowest BCUT2D eigenvalue weighted by Gasteiger charge is -2.05. The van der Waals surface area contributed by atoms with Gasteiger partial charge in [0, 0.05) is 12.8 Å². The monoisotopic (exact) mass is 468 g/mol. The third-order valence-corrected chi connectivity index (χ3v) is 6.53. The molecule has 0 aliphatic rings. The van der Waals surface area contributed by atoms with Gasteiger partial charge in [0.2, 0.25) is 0 Å². The lowest BCUT2D eigenvalue weighted by molar-refractivity contribution is -0.144. The lowest BCUT2D eigenvalue weighted by Crippen LogP contribution is -2.05. The Balaban J connectivity index is 3.12. The van der Waals surface area contributed by atoms with Crippen LogP contribution in [0.15, 0.2) is 0 Å². The first-order valence-corrected chi connectivity index (χ1v) is 14.5. The van der Waals surface area contributed by atoms with E-state index < -0.39 is 5.97 Å². The maximum atomic E-state index is 11.7. The summed E-state index contributed by atoms with van der Waals surface area (Å²) >= 11 is 0. The standard InChI is InChI=1S/C29H56O4/c1-2-3-4-5-21-24-27-33-29(32)26-23-20-18-16-14-12-10-8-6-7-9-11-13-15-17-19-22-25-28(30)31/h2-27H2,1H3,(H,30,31). The Labute approximate surface area is 205 Å². The first-order valence-electron chi connectivity index (χ1n) is 14.5. The first-order chi connectivity index (χ1) is 16.2. The SMILES string of the molecule is CCCCCCCCOC(=O)CCCCCCCCCCCCCCCCCCCC(=O)O. The Bertz CT molecular complexity index is 422. The van der Waals surface area contributed by atoms with Crippen molar-refractivity contribution in [1.29, 1.82) is 0 Å². The van der Waals surface area contributed by atoms with Crippen molar-refractivity contribution in [2.75, 3.05) is 6.61 Å². The number of ether oxygens (including phenoxy) is 1. The molecule has 0 heterocycles. The van der Waals surface area contributed by atoms with Gasteiger partial charge >= 0.3 is 11.9 Å². The number of carbonyl (C=O) groups excluding carboxylic acids is 1. The van der Waals surface area contributed by atoms with Crippen molar-refractivity contribution in [3.63, 3.8) is 0 Å². The molecule has 0 aromatic heterocycles. The van der Waals surface area contributed by atoms with Crippen molar-refractivity contribution in [3.8, 4) is 0 Å². The molecule has 1 N–H and O–H groups in total. The molecule has 0 fully saturated rings. The highest BCUT2D eigenvalue weighted by Gasteiger charge is 2.02. The molecule has 4 nitrogen and oxygen atoms in total. The third kappa shape index (κ3) is 28.9. The second kappa shape index (κ2) is 27.2. The zero-order valence-electron chi connectivity index (χ0n) is 22.1. The van der Waals surface area contributed by atoms with E-state index in [9.17, 15) is 9.59 Å². The van der Waals surface area contributed by atoms with Crippen LogP contribution in [-0.2, 0) is 14.3 Å². The molecule has 0 aliphatic carbocycles. The molecule has 0 bridgehead atoms. The highest BCUT2D eigenvalue weighted by Crippen LogP contribution is 2.15. The number of aliphatic carboxylic acids is 1. The summed E-state index contributed by atoms with van der Waals surface area (Å²) in [4.78, 5) is 22.2. The minimum Gasteiger partial charge on any atom is -0.481 e. The van der Waals surface area contributed by atoms with Gasteiger partial charge in [-0.05, 0) is 19.3 Å². The highest BCUT2D eigenvalue weighted by molar-refractivity contribution is 5.69. The van der Waals surface area contributed by atoms with E-state index in [2.05, 4.69) is 6.92 Å². The van der Waals surface area contributed by atoms with E-state index in [0.29, 0.717) is 19.4 Å². The van der Waals surface area contributed by atoms with E-state index >= 15 is 0 Å². The van der Waals surface area contributed by atoms with Gasteiger partial charge in [-0.25, -0.2) is 0 Å². The van der Waals surface area contributed by atoms with Crippen molar-refractivity contribution in [1.82, 2.24) is 0 Å². The zero-order valence-corrected chi connectivity index (χ0v) is 22.1. The third-order valence-electron chi connectivity index (χ3n) is 6.53. The number of carboxylic acid groups (broad SMARTS) is 1. The normalized spacial score (nSPS) is 11.1. The molecule has 0 unspecified atom stereocenters. The largest absolute Gasteiger partial charge is 0.481 e. The van der Waals surface area contributed by atoms with Crippen molar-refractivity contribution in [2.24, 2.45) is 0 Å². The fourth-order valence-corrected chi connectivity index (χ4v) is 4.34. The van der Waals surface area contributed by atoms with Crippen LogP contribution in [0.2, 0.25) is 0 Å². The van der Waals surface area contributed by atoms with Crippen LogP contribution >= 0.6 is 0 Å². The van der Waals surface area contributed by atoms with Gasteiger partial charge in [-0.1, -0.05) is 135 Å². The molecule has 0 saturated heterocycles. The summed E-state index contributed by atoms with van der Waals surface area (Å²) in [6.07, 6.45) is 29.6. The summed E-state index contributed by atoms with van der Waals surface area (Å²) in [5.74, 6) is -0.665. The molecule has 0 aromatic carbocycles. The van der Waals surface area contributed by atoms with E-state index in [1.807, 2.05) is 0 Å². The molecule has 0 saturated carbocycles. The van der Waals surface area contributed by atoms with E-state index in [1.54, 1.807) is 0 Å². The van der Waals surface area contributed by atoms with Gasteiger partial charge in [-0.2, -0.15) is 0 Å². The van der Waals surface area contributed by atoms with Crippen LogP contribution in [0.5, 0.6) is 0 Å². The topological polar surface area (TPSA) is 63.6 Å². The van der Waals surface area contributed by atoms with Gasteiger partial charge in [-0.3, -0.25) is 9.59 Å². The van der Waals surface area contributed by atoms with Gasteiger partial charge in [0.1, 0.15) is 0 Å². The molecule has 0 radical (unpaired) electrons. The van der Waals surface area contributed by atoms with Gasteiger partial charge in [0.15, 0.2) is 0 Å². The van der Waals surface area contributed by atoms with E-state index in [-0.39, 0.29) is 5.97 Å². The van der Waals surface area contributed by atoms with Crippen LogP contribution in [0.4, 0.5) is 0 Å². The number of hydrogen-bond donors (Lipinski definition) is 1. The Morgan fingerprint density at radius 1 is 0.485 bits per heavy atom. The second-order valence-corrected chi connectivity index (χ2v) is 9.89. The van der Waals surface area contributed by atoms with Gasteiger partial charge in [-0.15, -0.1) is 0 Å². The van der Waals surface area contributed by atoms with Crippen LogP contribution in [0.25, 0.3) is 0 Å². The van der Waals surface area contributed by atoms with Crippen LogP contribution in [0.3, 0.4) is 0 Å². The Morgan fingerprint density at radius 3 is 1.21 bits per heavy atom. The number of unbranched alkanes of at least 4 members (excludes halogenated alkanes) is 21. The number of esters is 1. The van der Waals surface area contributed by atoms with Crippen LogP contribution < -0.4 is 0 Å². The summed E-state index contributed by atoms with van der Waals surface area (Å²) in [7, 11) is 0. The fraction of sp³-hybridized carbons (Fsp3) is 0.931. The molecule has 0 aliphatic heterocycles. The summed E-state index contributed by atoms with van der Waals surface area (Å²) in [5, 5.41) is 8.60. The van der Waals surface area contributed by atoms with Gasteiger partial charge in [0.05, 0.1) is 6.61 Å². The molecule has 0 amide bonds. The number of carboxylic acids is 1. The van der Waals surface area contributed by atoms with Crippen molar-refractivity contribution in [3.05, 3.63) is 0 Å². The van der Waals surface area contributed by atoms with Crippen molar-refractivity contribution >= 4 is 11.9 Å². The van der Waals surface area contributed by atoms with Crippen LogP contribution in [-0.4, -0.2) is 23.7 Å². The Morgan fingerprint density at radius 2 is 0.818 bits per heavy atom. The number of hydrogen-bond acceptors (Lipinski definition) is 3. The lowest BCUT2D eigenvalue weighted by atomic mass is 10.0. The molecule has 4 heteroatoms. The fourth-order valence-electron chi connectivity index (χ4n) is 4.34. The van der Waals surface area contributed by atoms with E-state index in [1.165, 1.54) is 116 Å². The molecule has 0 rings (SSSR count). The summed E-state index contributed by atoms with van der Waals surface area (Å²) < 4.78 is 5.33. The maximum Gasteiger partial charge on any atom is 0.305 e. The minimum absolute atomic E-state index is 0.000651. The minimum atomic E-state index is -0.664. The second-order valence-electron chi connectivity index (χ2n) is 9.89. The Hall–Kier alpha value is -1.06. The van der Waals surface area contributed by atoms with Crippen LogP contribution in [0, 0.1) is 0 Å². The van der Waals surface area contributed by atoms with E-state index in [4.69, 9.17) is 9.84 Å². The summed E-state index contributed by atoms with van der Waals surface area (Å²) in [6.45, 7) is 2.84. The number of rotatable bonds is 27. The molecular formula is C29H56O4. The molecular weight excluding hydrogens is 412 g/mol. The predicted octanol–water partition coefficient (Wildman–Crippen LogP) is 9.39. The smallest absolute Gasteiger partial charge is 0.305 e. The zero-order chi connectivity index (χ0) is 24.2. The van der Waals surface area contributed by atoms with Gasteiger partial charge < -0.3 is 9.84 Å². The van der Waals surface area contributed by atoms with Crippen molar-refractivity contribution in [2.45, 2.75) is 167 Å². The summed E-state index contributed by atoms with van der Waals surface area (Å²) in [6, 6.07) is 0. The summed E-state index contributed by atoms with van der Waals surface area (Å²) in [5.41, 5.74) is 0. The van der Waals surface area contributed by atoms with Crippen LogP contribution in [0.1, 0.15) is 167 Å². The first kappa shape index (κ1) is 31.9. The predicted molar refractivity (Wildman–Crippen MR) is 140 cm³/mol. The molecule has 0 atom stereocenters. The number of carbonyl (C=O) groups is 2. The highest BCUT2D eigenvalue weighted by atomic mass is 16.5. The maximum absolute atomic E-state index is 11.7. The molecule has 0 aromatic rings. The molecule has 196 valence electrons. The van der Waals surface area contributed by atoms with Crippen molar-refractivity contribution < 1.29 is 19.4 Å². The average Bonchev–Trinajstić information content (AvgIpc) is 2.79. The van der Waals surface area contributed by atoms with E-state index in [0.717, 1.165) is 32.1 Å². The molecule has 33 heavy (non-hydrogen) atoms. The van der Waals surface area contributed by atoms with Gasteiger partial charge in [0.25, 0.3) is 0 Å². The quantitative estimate of drug-likeness (QED) is 0.0963. The average molecular weight is 469 g/mol.